The molecule has 0 saturated carbocycles. The van der Waals surface area contributed by atoms with Gasteiger partial charge >= 0.3 is 5.97 Å². The molecule has 0 aromatic carbocycles. The lowest BCUT2D eigenvalue weighted by Gasteiger charge is -2.19. The molecular weight excluding hydrogens is 194 g/mol. The van der Waals surface area contributed by atoms with Gasteiger partial charge < -0.3 is 4.74 Å². The molecule has 1 aliphatic heterocycles. The van der Waals surface area contributed by atoms with Gasteiger partial charge in [-0.3, -0.25) is 0 Å². The van der Waals surface area contributed by atoms with Gasteiger partial charge in [0, 0.05) is 11.5 Å². The molecule has 0 amide bonds. The number of methoxy groups -OCH3 is 1. The molecule has 1 heterocycles. The highest BCUT2D eigenvalue weighted by Crippen LogP contribution is 2.46. The van der Waals surface area contributed by atoms with Crippen molar-refractivity contribution < 1.29 is 9.53 Å². The quantitative estimate of drug-likeness (QED) is 0.632. The molecule has 1 saturated heterocycles. The van der Waals surface area contributed by atoms with Crippen LogP contribution in [0.3, 0.4) is 0 Å². The van der Waals surface area contributed by atoms with E-state index in [0.29, 0.717) is 0 Å². The third-order valence-electron chi connectivity index (χ3n) is 1.56. The SMILES string of the molecule is COC(=O)C1(CC#N)SCCS1. The normalized spacial score (nSPS) is 20.0. The molecule has 0 radical (unpaired) electrons. The molecule has 66 valence electrons. The molecule has 1 aliphatic rings. The second-order valence-electron chi connectivity index (χ2n) is 2.28. The second kappa shape index (κ2) is 4.06. The van der Waals surface area contributed by atoms with Crippen molar-refractivity contribution in [3.8, 4) is 6.07 Å². The molecule has 1 fully saturated rings. The number of hydrogen-bond acceptors (Lipinski definition) is 5. The van der Waals surface area contributed by atoms with E-state index in [2.05, 4.69) is 4.74 Å². The van der Waals surface area contributed by atoms with Gasteiger partial charge in [-0.2, -0.15) is 5.26 Å². The van der Waals surface area contributed by atoms with Crippen LogP contribution in [0.5, 0.6) is 0 Å². The van der Waals surface area contributed by atoms with Gasteiger partial charge in [-0.25, -0.2) is 4.79 Å². The Morgan fingerprint density at radius 2 is 2.25 bits per heavy atom. The summed E-state index contributed by atoms with van der Waals surface area (Å²) in [4.78, 5) is 11.3. The van der Waals surface area contributed by atoms with E-state index in [-0.39, 0.29) is 12.4 Å². The van der Waals surface area contributed by atoms with E-state index in [1.807, 2.05) is 6.07 Å². The number of thioether (sulfide) groups is 2. The molecule has 0 atom stereocenters. The Hall–Kier alpha value is -0.340. The molecule has 0 N–H and O–H groups in total. The molecule has 0 bridgehead atoms. The molecular formula is C7H9NO2S2. The smallest absolute Gasteiger partial charge is 0.333 e. The maximum atomic E-state index is 11.3. The molecule has 1 rings (SSSR count). The van der Waals surface area contributed by atoms with Gasteiger partial charge in [-0.1, -0.05) is 0 Å². The van der Waals surface area contributed by atoms with Crippen molar-refractivity contribution in [2.75, 3.05) is 18.6 Å². The van der Waals surface area contributed by atoms with Crippen LogP contribution in [0, 0.1) is 11.3 Å². The Balaban J connectivity index is 2.72. The number of nitriles is 1. The Bertz CT molecular complexity index is 218. The fourth-order valence-electron chi connectivity index (χ4n) is 1.01. The van der Waals surface area contributed by atoms with Crippen molar-refractivity contribution >= 4 is 29.5 Å². The monoisotopic (exact) mass is 203 g/mol. The first-order chi connectivity index (χ1) is 5.75. The van der Waals surface area contributed by atoms with E-state index in [9.17, 15) is 4.79 Å². The van der Waals surface area contributed by atoms with Crippen molar-refractivity contribution in [3.63, 3.8) is 0 Å². The minimum atomic E-state index is -0.635. The number of rotatable bonds is 2. The lowest BCUT2D eigenvalue weighted by molar-refractivity contribution is -0.140. The average Bonchev–Trinajstić information content (AvgIpc) is 2.53. The van der Waals surface area contributed by atoms with Crippen molar-refractivity contribution in [2.45, 2.75) is 10.5 Å². The molecule has 0 aromatic rings. The molecule has 0 spiro atoms. The summed E-state index contributed by atoms with van der Waals surface area (Å²) >= 11 is 3.03. The Labute approximate surface area is 79.8 Å². The van der Waals surface area contributed by atoms with Crippen LogP contribution in [0.15, 0.2) is 0 Å². The summed E-state index contributed by atoms with van der Waals surface area (Å²) in [5, 5.41) is 8.55. The molecule has 0 aliphatic carbocycles. The summed E-state index contributed by atoms with van der Waals surface area (Å²) in [6.07, 6.45) is 0.231. The molecule has 5 heteroatoms. The Morgan fingerprint density at radius 3 is 2.67 bits per heavy atom. The molecule has 3 nitrogen and oxygen atoms in total. The topological polar surface area (TPSA) is 50.1 Å². The highest BCUT2D eigenvalue weighted by atomic mass is 32.2. The lowest BCUT2D eigenvalue weighted by Crippen LogP contribution is -2.30. The Kier molecular flexibility index (Phi) is 3.29. The van der Waals surface area contributed by atoms with Crippen molar-refractivity contribution in [3.05, 3.63) is 0 Å². The number of ether oxygens (including phenoxy) is 1. The maximum Gasteiger partial charge on any atom is 0.333 e. The van der Waals surface area contributed by atoms with E-state index < -0.39 is 4.08 Å². The lowest BCUT2D eigenvalue weighted by atomic mass is 10.3. The first-order valence-corrected chi connectivity index (χ1v) is 5.45. The van der Waals surface area contributed by atoms with E-state index in [1.54, 1.807) is 0 Å². The van der Waals surface area contributed by atoms with Gasteiger partial charge in [0.2, 0.25) is 0 Å². The van der Waals surface area contributed by atoms with Crippen molar-refractivity contribution in [1.82, 2.24) is 0 Å². The fourth-order valence-corrected chi connectivity index (χ4v) is 3.90. The minimum absolute atomic E-state index is 0.231. The van der Waals surface area contributed by atoms with Gasteiger partial charge in [0.05, 0.1) is 19.6 Å². The number of carbonyl (C=O) groups is 1. The van der Waals surface area contributed by atoms with Crippen LogP contribution in [-0.4, -0.2) is 28.7 Å². The highest BCUT2D eigenvalue weighted by molar-refractivity contribution is 8.22. The largest absolute Gasteiger partial charge is 0.467 e. The van der Waals surface area contributed by atoms with E-state index in [1.165, 1.54) is 30.6 Å². The summed E-state index contributed by atoms with van der Waals surface area (Å²) in [7, 11) is 1.36. The zero-order valence-electron chi connectivity index (χ0n) is 6.70. The van der Waals surface area contributed by atoms with Gasteiger partial charge in [0.15, 0.2) is 4.08 Å². The van der Waals surface area contributed by atoms with E-state index in [4.69, 9.17) is 5.26 Å². The first-order valence-electron chi connectivity index (χ1n) is 3.48. The second-order valence-corrected chi connectivity index (χ2v) is 5.32. The van der Waals surface area contributed by atoms with Crippen LogP contribution in [0.25, 0.3) is 0 Å². The molecule has 0 aromatic heterocycles. The zero-order valence-corrected chi connectivity index (χ0v) is 8.33. The summed E-state index contributed by atoms with van der Waals surface area (Å²) in [5.41, 5.74) is 0. The predicted molar refractivity (Wildman–Crippen MR) is 49.9 cm³/mol. The molecule has 12 heavy (non-hydrogen) atoms. The van der Waals surface area contributed by atoms with Crippen LogP contribution < -0.4 is 0 Å². The number of esters is 1. The third-order valence-corrected chi connectivity index (χ3v) is 4.90. The van der Waals surface area contributed by atoms with Crippen LogP contribution in [0.4, 0.5) is 0 Å². The minimum Gasteiger partial charge on any atom is -0.467 e. The standard InChI is InChI=1S/C7H9NO2S2/c1-10-6(9)7(2-3-8)11-4-5-12-7/h2,4-5H2,1H3. The van der Waals surface area contributed by atoms with Crippen LogP contribution >= 0.6 is 23.5 Å². The summed E-state index contributed by atoms with van der Waals surface area (Å²) < 4.78 is 4.02. The van der Waals surface area contributed by atoms with E-state index >= 15 is 0 Å². The van der Waals surface area contributed by atoms with Gasteiger partial charge in [0.25, 0.3) is 0 Å². The highest BCUT2D eigenvalue weighted by Gasteiger charge is 2.44. The number of nitrogens with zero attached hydrogens (tertiary/aromatic N) is 1. The van der Waals surface area contributed by atoms with Crippen LogP contribution in [-0.2, 0) is 9.53 Å². The average molecular weight is 203 g/mol. The Morgan fingerprint density at radius 1 is 1.67 bits per heavy atom. The summed E-state index contributed by atoms with van der Waals surface area (Å²) in [6.45, 7) is 0. The maximum absolute atomic E-state index is 11.3. The van der Waals surface area contributed by atoms with Crippen molar-refractivity contribution in [1.29, 1.82) is 5.26 Å². The van der Waals surface area contributed by atoms with Gasteiger partial charge in [0.1, 0.15) is 0 Å². The van der Waals surface area contributed by atoms with E-state index in [0.717, 1.165) is 11.5 Å². The van der Waals surface area contributed by atoms with Crippen LogP contribution in [0.1, 0.15) is 6.42 Å². The third kappa shape index (κ3) is 1.70. The summed E-state index contributed by atoms with van der Waals surface area (Å²) in [5.74, 6) is 1.56. The fraction of sp³-hybridized carbons (Fsp3) is 0.714. The first kappa shape index (κ1) is 9.75. The van der Waals surface area contributed by atoms with Gasteiger partial charge in [-0.15, -0.1) is 23.5 Å². The zero-order chi connectivity index (χ0) is 9.03. The number of carbonyl (C=O) groups excluding carboxylic acids is 1. The number of hydrogen-bond donors (Lipinski definition) is 0. The summed E-state index contributed by atoms with van der Waals surface area (Å²) in [6, 6.07) is 2.02. The van der Waals surface area contributed by atoms with Crippen molar-refractivity contribution in [2.24, 2.45) is 0 Å². The van der Waals surface area contributed by atoms with Gasteiger partial charge in [-0.05, 0) is 0 Å². The molecule has 0 unspecified atom stereocenters. The van der Waals surface area contributed by atoms with Crippen LogP contribution in [0.2, 0.25) is 0 Å². The predicted octanol–water partition coefficient (Wildman–Crippen LogP) is 1.25.